The second-order valence-electron chi connectivity index (χ2n) is 10.4. The van der Waals surface area contributed by atoms with Crippen molar-refractivity contribution in [3.8, 4) is 0 Å². The molecular weight excluding hydrogens is 494 g/mol. The second-order valence-corrected chi connectivity index (χ2v) is 10.4. The van der Waals surface area contributed by atoms with Crippen LogP contribution in [0.4, 0.5) is 20.5 Å². The fourth-order valence-corrected chi connectivity index (χ4v) is 5.48. The maximum absolute atomic E-state index is 12.8. The predicted octanol–water partition coefficient (Wildman–Crippen LogP) is 3.00. The third-order valence-corrected chi connectivity index (χ3v) is 7.23. The minimum Gasteiger partial charge on any atom is -0.439 e. The van der Waals surface area contributed by atoms with Gasteiger partial charge in [0.25, 0.3) is 0 Å². The number of anilines is 2. The van der Waals surface area contributed by atoms with E-state index >= 15 is 0 Å². The summed E-state index contributed by atoms with van der Waals surface area (Å²) >= 11 is 0. The van der Waals surface area contributed by atoms with E-state index in [1.807, 2.05) is 0 Å². The predicted molar refractivity (Wildman–Crippen MR) is 143 cm³/mol. The molecule has 0 amide bonds. The standard InChI is InChI=1S/C18H22F2N6O2.C8H16N2/c1-2-3-6-22-16-15-13(24-18(21)25-16)8-23-26(15)9-12-5-4-11(10-27)7-14(12)28-17(19)20;1-9-3-7-5-10(2)6-8(7)4-9/h4-5,8,10-11,17H,2-3,6-7,9H2,1H3,(H3,21,22,24,25);7-8H,3-6H2,1-2H3. The van der Waals surface area contributed by atoms with Gasteiger partial charge >= 0.3 is 6.61 Å². The number of halogens is 2. The molecule has 2 fully saturated rings. The summed E-state index contributed by atoms with van der Waals surface area (Å²) in [6, 6.07) is 0. The number of fused-ring (bicyclic) bond motifs is 2. The Morgan fingerprint density at radius 1 is 1.18 bits per heavy atom. The number of hydrogen-bond donors (Lipinski definition) is 2. The molecule has 12 heteroatoms. The maximum Gasteiger partial charge on any atom is 0.387 e. The molecule has 4 heterocycles. The fourth-order valence-electron chi connectivity index (χ4n) is 5.48. The van der Waals surface area contributed by atoms with Crippen molar-refractivity contribution in [3.63, 3.8) is 0 Å². The van der Waals surface area contributed by atoms with Crippen molar-refractivity contribution in [1.82, 2.24) is 29.5 Å². The summed E-state index contributed by atoms with van der Waals surface area (Å²) in [4.78, 5) is 24.4. The van der Waals surface area contributed by atoms with E-state index in [0.717, 1.165) is 24.7 Å². The molecule has 208 valence electrons. The smallest absolute Gasteiger partial charge is 0.387 e. The zero-order valence-corrected chi connectivity index (χ0v) is 22.3. The number of unbranched alkanes of at least 4 members (excludes halogenated alkanes) is 1. The summed E-state index contributed by atoms with van der Waals surface area (Å²) < 4.78 is 31.9. The Hall–Kier alpha value is -3.12. The number of nitrogens with zero attached hydrogens (tertiary/aromatic N) is 6. The van der Waals surface area contributed by atoms with E-state index in [2.05, 4.69) is 55.9 Å². The van der Waals surface area contributed by atoms with Gasteiger partial charge in [0.15, 0.2) is 5.82 Å². The molecule has 2 saturated heterocycles. The summed E-state index contributed by atoms with van der Waals surface area (Å²) in [5.74, 6) is 2.22. The van der Waals surface area contributed by atoms with Crippen LogP contribution in [-0.2, 0) is 16.1 Å². The maximum atomic E-state index is 12.8. The van der Waals surface area contributed by atoms with Crippen molar-refractivity contribution in [1.29, 1.82) is 0 Å². The lowest BCUT2D eigenvalue weighted by Crippen LogP contribution is -2.23. The molecule has 1 aliphatic carbocycles. The minimum atomic E-state index is -2.97. The molecule has 0 radical (unpaired) electrons. The van der Waals surface area contributed by atoms with Gasteiger partial charge in [0.1, 0.15) is 23.1 Å². The van der Waals surface area contributed by atoms with E-state index in [9.17, 15) is 13.6 Å². The first-order valence-corrected chi connectivity index (χ1v) is 13.2. The van der Waals surface area contributed by atoms with Gasteiger partial charge in [0.2, 0.25) is 5.95 Å². The van der Waals surface area contributed by atoms with Gasteiger partial charge in [0, 0.05) is 50.6 Å². The monoisotopic (exact) mass is 532 g/mol. The SMILES string of the molecule is CCCCNc1nc(N)nc2cnn(CC3=C(OC(F)F)CC(C=O)C=C3)c12.CN1CC2CN(C)CC2C1. The number of carbonyl (C=O) groups excluding carboxylic acids is 1. The third-order valence-electron chi connectivity index (χ3n) is 7.23. The van der Waals surface area contributed by atoms with Gasteiger partial charge in [-0.25, -0.2) is 4.98 Å². The summed E-state index contributed by atoms with van der Waals surface area (Å²) in [7, 11) is 4.47. The van der Waals surface area contributed by atoms with Crippen LogP contribution in [0.25, 0.3) is 11.0 Å². The summed E-state index contributed by atoms with van der Waals surface area (Å²) in [6.45, 7) is 5.30. The van der Waals surface area contributed by atoms with Gasteiger partial charge in [-0.2, -0.15) is 18.9 Å². The lowest BCUT2D eigenvalue weighted by molar-refractivity contribution is -0.113. The number of aldehydes is 1. The van der Waals surface area contributed by atoms with Gasteiger partial charge < -0.3 is 30.4 Å². The van der Waals surface area contributed by atoms with Crippen molar-refractivity contribution in [2.75, 3.05) is 57.9 Å². The Bertz CT molecular complexity index is 1140. The van der Waals surface area contributed by atoms with Crippen LogP contribution in [0.1, 0.15) is 26.2 Å². The van der Waals surface area contributed by atoms with Crippen LogP contribution in [0.2, 0.25) is 0 Å². The Morgan fingerprint density at radius 3 is 2.47 bits per heavy atom. The molecule has 2 aromatic heterocycles. The van der Waals surface area contributed by atoms with Crippen LogP contribution in [0.3, 0.4) is 0 Å². The van der Waals surface area contributed by atoms with Crippen LogP contribution >= 0.6 is 0 Å². The molecule has 3 N–H and O–H groups in total. The Balaban J connectivity index is 0.000000278. The zero-order chi connectivity index (χ0) is 27.2. The van der Waals surface area contributed by atoms with Gasteiger partial charge in [-0.3, -0.25) is 4.68 Å². The Kier molecular flexibility index (Phi) is 9.26. The van der Waals surface area contributed by atoms with Crippen LogP contribution in [-0.4, -0.2) is 89.3 Å². The third kappa shape index (κ3) is 6.84. The number of nitrogens with two attached hydrogens (primary N) is 1. The molecule has 38 heavy (non-hydrogen) atoms. The number of rotatable bonds is 9. The highest BCUT2D eigenvalue weighted by atomic mass is 19.3. The highest BCUT2D eigenvalue weighted by Crippen LogP contribution is 2.30. The number of aromatic nitrogens is 4. The largest absolute Gasteiger partial charge is 0.439 e. The summed E-state index contributed by atoms with van der Waals surface area (Å²) in [5.41, 5.74) is 7.46. The van der Waals surface area contributed by atoms with Gasteiger partial charge in [-0.1, -0.05) is 25.5 Å². The molecule has 0 saturated carbocycles. The first-order valence-electron chi connectivity index (χ1n) is 13.2. The molecule has 0 bridgehead atoms. The average Bonchev–Trinajstić information content (AvgIpc) is 3.52. The van der Waals surface area contributed by atoms with Gasteiger partial charge in [0.05, 0.1) is 12.7 Å². The number of allylic oxidation sites excluding steroid dienone is 4. The first-order chi connectivity index (χ1) is 18.3. The van der Waals surface area contributed by atoms with Crippen LogP contribution in [0, 0.1) is 17.8 Å². The van der Waals surface area contributed by atoms with Crippen molar-refractivity contribution < 1.29 is 18.3 Å². The molecule has 1 atom stereocenters. The molecule has 5 rings (SSSR count). The van der Waals surface area contributed by atoms with E-state index < -0.39 is 12.5 Å². The molecule has 0 aromatic carbocycles. The van der Waals surface area contributed by atoms with Crippen LogP contribution in [0.15, 0.2) is 29.7 Å². The Morgan fingerprint density at radius 2 is 1.87 bits per heavy atom. The zero-order valence-electron chi connectivity index (χ0n) is 22.3. The number of likely N-dealkylation sites (tertiary alicyclic amines) is 2. The second kappa shape index (κ2) is 12.6. The number of ether oxygens (including phenoxy) is 1. The minimum absolute atomic E-state index is 0.0788. The van der Waals surface area contributed by atoms with Crippen LogP contribution in [0.5, 0.6) is 0 Å². The van der Waals surface area contributed by atoms with Gasteiger partial charge in [-0.05, 0) is 32.4 Å². The van der Waals surface area contributed by atoms with Crippen molar-refractivity contribution in [2.24, 2.45) is 17.8 Å². The van der Waals surface area contributed by atoms with E-state index in [4.69, 9.17) is 5.73 Å². The molecule has 1 unspecified atom stereocenters. The molecule has 3 aliphatic rings. The van der Waals surface area contributed by atoms with E-state index in [0.29, 0.717) is 35.3 Å². The highest BCUT2D eigenvalue weighted by molar-refractivity contribution is 5.86. The normalized spacial score (nSPS) is 23.6. The Labute approximate surface area is 221 Å². The van der Waals surface area contributed by atoms with E-state index in [1.165, 1.54) is 26.2 Å². The van der Waals surface area contributed by atoms with Crippen molar-refractivity contribution in [3.05, 3.63) is 29.7 Å². The van der Waals surface area contributed by atoms with Gasteiger partial charge in [-0.15, -0.1) is 0 Å². The van der Waals surface area contributed by atoms with Crippen molar-refractivity contribution >= 4 is 29.1 Å². The first kappa shape index (κ1) is 27.9. The van der Waals surface area contributed by atoms with Crippen molar-refractivity contribution in [2.45, 2.75) is 39.3 Å². The van der Waals surface area contributed by atoms with E-state index in [-0.39, 0.29) is 24.7 Å². The fraction of sp³-hybridized carbons (Fsp3) is 0.615. The topological polar surface area (TPSA) is 114 Å². The molecule has 10 nitrogen and oxygen atoms in total. The number of nitrogens with one attached hydrogen (secondary N) is 1. The average molecular weight is 533 g/mol. The lowest BCUT2D eigenvalue weighted by Gasteiger charge is -2.20. The lowest BCUT2D eigenvalue weighted by atomic mass is 9.96. The summed E-state index contributed by atoms with van der Waals surface area (Å²) in [5, 5.41) is 7.54. The number of nitrogen functional groups attached to an aromatic ring is 1. The number of carbonyl (C=O) groups is 1. The van der Waals surface area contributed by atoms with E-state index in [1.54, 1.807) is 23.0 Å². The molecule has 2 aliphatic heterocycles. The number of hydrogen-bond acceptors (Lipinski definition) is 9. The number of alkyl halides is 2. The van der Waals surface area contributed by atoms with Crippen LogP contribution < -0.4 is 11.1 Å². The molecule has 2 aromatic rings. The molecule has 0 spiro atoms. The quantitative estimate of drug-likeness (QED) is 0.372. The molecular formula is C26H38F2N8O2. The summed E-state index contributed by atoms with van der Waals surface area (Å²) in [6.07, 6.45) is 7.60. The highest BCUT2D eigenvalue weighted by Gasteiger charge is 2.36.